The summed E-state index contributed by atoms with van der Waals surface area (Å²) in [4.78, 5) is 0. The SMILES string of the molecule is Nc1ccc(F)c(F)c1Oc1ccccc1CO. The lowest BCUT2D eigenvalue weighted by Crippen LogP contribution is -1.99. The van der Waals surface area contributed by atoms with Gasteiger partial charge in [-0.25, -0.2) is 4.39 Å². The number of benzene rings is 2. The first kappa shape index (κ1) is 12.3. The maximum absolute atomic E-state index is 13.5. The van der Waals surface area contributed by atoms with Crippen LogP contribution in [0.15, 0.2) is 36.4 Å². The molecule has 2 aromatic rings. The van der Waals surface area contributed by atoms with Crippen molar-refractivity contribution in [3.63, 3.8) is 0 Å². The quantitative estimate of drug-likeness (QED) is 0.825. The molecule has 0 aliphatic heterocycles. The molecule has 5 heteroatoms. The lowest BCUT2D eigenvalue weighted by Gasteiger charge is -2.12. The summed E-state index contributed by atoms with van der Waals surface area (Å²) in [6, 6.07) is 8.65. The number of para-hydroxylation sites is 1. The van der Waals surface area contributed by atoms with Gasteiger partial charge in [-0.1, -0.05) is 18.2 Å². The number of anilines is 1. The van der Waals surface area contributed by atoms with Crippen molar-refractivity contribution in [1.29, 1.82) is 0 Å². The molecule has 0 bridgehead atoms. The Bertz CT molecular complexity index is 573. The van der Waals surface area contributed by atoms with Gasteiger partial charge in [-0.2, -0.15) is 4.39 Å². The van der Waals surface area contributed by atoms with Gasteiger partial charge in [-0.15, -0.1) is 0 Å². The largest absolute Gasteiger partial charge is 0.452 e. The van der Waals surface area contributed by atoms with Crippen LogP contribution in [0.2, 0.25) is 0 Å². The minimum atomic E-state index is -1.15. The van der Waals surface area contributed by atoms with E-state index >= 15 is 0 Å². The summed E-state index contributed by atoms with van der Waals surface area (Å²) in [5, 5.41) is 9.11. The monoisotopic (exact) mass is 251 g/mol. The van der Waals surface area contributed by atoms with Crippen LogP contribution in [0.25, 0.3) is 0 Å². The number of hydrogen-bond acceptors (Lipinski definition) is 3. The maximum Gasteiger partial charge on any atom is 0.203 e. The molecule has 2 rings (SSSR count). The smallest absolute Gasteiger partial charge is 0.203 e. The van der Waals surface area contributed by atoms with Gasteiger partial charge in [0.15, 0.2) is 11.6 Å². The maximum atomic E-state index is 13.5. The van der Waals surface area contributed by atoms with Crippen LogP contribution >= 0.6 is 0 Å². The summed E-state index contributed by atoms with van der Waals surface area (Å²) < 4.78 is 31.9. The molecule has 94 valence electrons. The highest BCUT2D eigenvalue weighted by Crippen LogP contribution is 2.33. The van der Waals surface area contributed by atoms with Crippen LogP contribution in [0.1, 0.15) is 5.56 Å². The second kappa shape index (κ2) is 5.01. The summed E-state index contributed by atoms with van der Waals surface area (Å²) in [5.41, 5.74) is 5.98. The first-order valence-corrected chi connectivity index (χ1v) is 5.23. The zero-order valence-electron chi connectivity index (χ0n) is 9.36. The van der Waals surface area contributed by atoms with Crippen LogP contribution in [0.3, 0.4) is 0 Å². The molecule has 0 aromatic heterocycles. The van der Waals surface area contributed by atoms with Crippen LogP contribution < -0.4 is 10.5 Å². The van der Waals surface area contributed by atoms with Crippen molar-refractivity contribution < 1.29 is 18.6 Å². The minimum absolute atomic E-state index is 0.0124. The molecule has 0 saturated carbocycles. The fraction of sp³-hybridized carbons (Fsp3) is 0.0769. The molecule has 0 heterocycles. The molecule has 0 atom stereocenters. The number of nitrogen functional groups attached to an aromatic ring is 1. The highest BCUT2D eigenvalue weighted by molar-refractivity contribution is 5.55. The topological polar surface area (TPSA) is 55.5 Å². The van der Waals surface area contributed by atoms with Crippen molar-refractivity contribution >= 4 is 5.69 Å². The predicted octanol–water partition coefficient (Wildman–Crippen LogP) is 2.83. The van der Waals surface area contributed by atoms with Crippen LogP contribution in [0.4, 0.5) is 14.5 Å². The molecule has 0 fully saturated rings. The Kier molecular flexibility index (Phi) is 3.43. The summed E-state index contributed by atoms with van der Waals surface area (Å²) in [7, 11) is 0. The molecule has 0 spiro atoms. The molecule has 0 aliphatic rings. The number of aliphatic hydroxyl groups is 1. The number of hydrogen-bond donors (Lipinski definition) is 2. The van der Waals surface area contributed by atoms with Crippen LogP contribution in [0.5, 0.6) is 11.5 Å². The summed E-state index contributed by atoms with van der Waals surface area (Å²) >= 11 is 0. The highest BCUT2D eigenvalue weighted by atomic mass is 19.2. The van der Waals surface area contributed by atoms with E-state index in [0.717, 1.165) is 6.07 Å². The molecule has 0 aliphatic carbocycles. The summed E-state index contributed by atoms with van der Waals surface area (Å²) in [6.07, 6.45) is 0. The van der Waals surface area contributed by atoms with E-state index in [2.05, 4.69) is 0 Å². The van der Waals surface area contributed by atoms with Crippen LogP contribution in [-0.4, -0.2) is 5.11 Å². The fourth-order valence-corrected chi connectivity index (χ4v) is 1.49. The molecule has 0 radical (unpaired) electrons. The lowest BCUT2D eigenvalue weighted by molar-refractivity contribution is 0.276. The van der Waals surface area contributed by atoms with Gasteiger partial charge in [-0.3, -0.25) is 0 Å². The first-order valence-electron chi connectivity index (χ1n) is 5.23. The number of halogens is 2. The van der Waals surface area contributed by atoms with Gasteiger partial charge in [0.2, 0.25) is 5.82 Å². The number of aliphatic hydroxyl groups excluding tert-OH is 1. The third-order valence-corrected chi connectivity index (χ3v) is 2.44. The van der Waals surface area contributed by atoms with Gasteiger partial charge in [0.25, 0.3) is 0 Å². The van der Waals surface area contributed by atoms with E-state index in [1.54, 1.807) is 18.2 Å². The Morgan fingerprint density at radius 1 is 1.11 bits per heavy atom. The van der Waals surface area contributed by atoms with Crippen molar-refractivity contribution in [3.05, 3.63) is 53.6 Å². The standard InChI is InChI=1S/C13H11F2NO2/c14-9-5-6-10(16)13(12(9)15)18-11-4-2-1-3-8(11)7-17/h1-6,17H,7,16H2. The van der Waals surface area contributed by atoms with Gasteiger partial charge < -0.3 is 15.6 Å². The van der Waals surface area contributed by atoms with Crippen molar-refractivity contribution in [2.24, 2.45) is 0 Å². The molecule has 0 saturated heterocycles. The normalized spacial score (nSPS) is 10.4. The van der Waals surface area contributed by atoms with E-state index in [1.807, 2.05) is 0 Å². The van der Waals surface area contributed by atoms with Gasteiger partial charge in [-0.05, 0) is 18.2 Å². The first-order chi connectivity index (χ1) is 8.63. The fourth-order valence-electron chi connectivity index (χ4n) is 1.49. The third-order valence-electron chi connectivity index (χ3n) is 2.44. The highest BCUT2D eigenvalue weighted by Gasteiger charge is 2.15. The molecular formula is C13H11F2NO2. The van der Waals surface area contributed by atoms with Crippen molar-refractivity contribution in [3.8, 4) is 11.5 Å². The Balaban J connectivity index is 2.43. The molecule has 3 N–H and O–H groups in total. The van der Waals surface area contributed by atoms with E-state index in [9.17, 15) is 8.78 Å². The molecule has 3 nitrogen and oxygen atoms in total. The number of rotatable bonds is 3. The third kappa shape index (κ3) is 2.26. The Labute approximate surface area is 102 Å². The van der Waals surface area contributed by atoms with Crippen LogP contribution in [-0.2, 0) is 6.61 Å². The molecule has 0 unspecified atom stereocenters. The molecule has 18 heavy (non-hydrogen) atoms. The summed E-state index contributed by atoms with van der Waals surface area (Å²) in [6.45, 7) is -0.271. The van der Waals surface area contributed by atoms with E-state index in [1.165, 1.54) is 12.1 Å². The summed E-state index contributed by atoms with van der Waals surface area (Å²) in [5.74, 6) is -2.34. The zero-order valence-corrected chi connectivity index (χ0v) is 9.36. The van der Waals surface area contributed by atoms with Gasteiger partial charge in [0.05, 0.1) is 12.3 Å². The van der Waals surface area contributed by atoms with E-state index < -0.39 is 11.6 Å². The van der Waals surface area contributed by atoms with E-state index in [0.29, 0.717) is 5.56 Å². The van der Waals surface area contributed by atoms with E-state index in [-0.39, 0.29) is 23.8 Å². The second-order valence-electron chi connectivity index (χ2n) is 3.65. The van der Waals surface area contributed by atoms with Crippen molar-refractivity contribution in [2.75, 3.05) is 5.73 Å². The Morgan fingerprint density at radius 3 is 2.56 bits per heavy atom. The second-order valence-corrected chi connectivity index (χ2v) is 3.65. The van der Waals surface area contributed by atoms with Crippen molar-refractivity contribution in [1.82, 2.24) is 0 Å². The minimum Gasteiger partial charge on any atom is -0.452 e. The van der Waals surface area contributed by atoms with E-state index in [4.69, 9.17) is 15.6 Å². The van der Waals surface area contributed by atoms with Gasteiger partial charge in [0.1, 0.15) is 5.75 Å². The molecule has 0 amide bonds. The Hall–Kier alpha value is -2.14. The molecule has 2 aromatic carbocycles. The van der Waals surface area contributed by atoms with Crippen molar-refractivity contribution in [2.45, 2.75) is 6.61 Å². The number of ether oxygens (including phenoxy) is 1. The van der Waals surface area contributed by atoms with Gasteiger partial charge >= 0.3 is 0 Å². The van der Waals surface area contributed by atoms with Crippen LogP contribution in [0, 0.1) is 11.6 Å². The average molecular weight is 251 g/mol. The Morgan fingerprint density at radius 2 is 1.83 bits per heavy atom. The lowest BCUT2D eigenvalue weighted by atomic mass is 10.2. The number of nitrogens with two attached hydrogens (primary N) is 1. The zero-order chi connectivity index (χ0) is 13.1. The average Bonchev–Trinajstić information content (AvgIpc) is 2.39. The molecular weight excluding hydrogens is 240 g/mol. The predicted molar refractivity (Wildman–Crippen MR) is 63.2 cm³/mol. The van der Waals surface area contributed by atoms with Gasteiger partial charge in [0, 0.05) is 5.56 Å².